The highest BCUT2D eigenvalue weighted by atomic mass is 15.1. The summed E-state index contributed by atoms with van der Waals surface area (Å²) in [5.74, 6) is 0.776. The molecule has 0 unspecified atom stereocenters. The van der Waals surface area contributed by atoms with E-state index in [0.29, 0.717) is 0 Å². The fourth-order valence-electron chi connectivity index (χ4n) is 5.50. The standard InChI is InChI=1S/C24H33N5/c1-4-14-29(15-5-1)16-6-11-26-23-27-18-19-17-24(9-12-25-13-10-24)21-8-3-2-7-20(21)22(19)28-23/h2-3,7-8,18,25H,1,4-6,9-17H2,(H,26,27,28). The van der Waals surface area contributed by atoms with Gasteiger partial charge in [0.05, 0.1) is 5.69 Å². The summed E-state index contributed by atoms with van der Waals surface area (Å²) in [5.41, 5.74) is 5.50. The molecule has 2 aliphatic heterocycles. The van der Waals surface area contributed by atoms with Crippen LogP contribution in [0.3, 0.4) is 0 Å². The maximum Gasteiger partial charge on any atom is 0.223 e. The highest BCUT2D eigenvalue weighted by molar-refractivity contribution is 5.72. The quantitative estimate of drug-likeness (QED) is 0.763. The number of likely N-dealkylation sites (tertiary alicyclic amines) is 1. The number of nitrogens with one attached hydrogen (secondary N) is 2. The van der Waals surface area contributed by atoms with Gasteiger partial charge in [-0.25, -0.2) is 9.97 Å². The molecular formula is C24H33N5. The Morgan fingerprint density at radius 3 is 2.76 bits per heavy atom. The van der Waals surface area contributed by atoms with Gasteiger partial charge >= 0.3 is 0 Å². The highest BCUT2D eigenvalue weighted by Crippen LogP contribution is 2.46. The second kappa shape index (κ2) is 8.41. The minimum Gasteiger partial charge on any atom is -0.354 e. The number of hydrogen-bond acceptors (Lipinski definition) is 5. The van der Waals surface area contributed by atoms with Gasteiger partial charge in [-0.1, -0.05) is 30.7 Å². The van der Waals surface area contributed by atoms with Crippen molar-refractivity contribution in [1.82, 2.24) is 20.2 Å². The van der Waals surface area contributed by atoms with E-state index in [2.05, 4.69) is 51.0 Å². The Hall–Kier alpha value is -1.98. The number of aromatic nitrogens is 2. The third-order valence-corrected chi connectivity index (χ3v) is 7.09. The molecule has 1 spiro atoms. The zero-order valence-corrected chi connectivity index (χ0v) is 17.4. The number of hydrogen-bond donors (Lipinski definition) is 2. The summed E-state index contributed by atoms with van der Waals surface area (Å²) < 4.78 is 0. The fourth-order valence-corrected chi connectivity index (χ4v) is 5.50. The van der Waals surface area contributed by atoms with Crippen LogP contribution in [0.4, 0.5) is 5.95 Å². The van der Waals surface area contributed by atoms with Crippen molar-refractivity contribution in [2.24, 2.45) is 0 Å². The van der Waals surface area contributed by atoms with E-state index in [1.165, 1.54) is 68.4 Å². The number of anilines is 1. The van der Waals surface area contributed by atoms with Crippen LogP contribution >= 0.6 is 0 Å². The molecule has 29 heavy (non-hydrogen) atoms. The van der Waals surface area contributed by atoms with Gasteiger partial charge in [-0.2, -0.15) is 0 Å². The van der Waals surface area contributed by atoms with Crippen molar-refractivity contribution in [3.8, 4) is 11.3 Å². The first-order valence-corrected chi connectivity index (χ1v) is 11.5. The van der Waals surface area contributed by atoms with E-state index in [-0.39, 0.29) is 5.41 Å². The van der Waals surface area contributed by atoms with Crippen LogP contribution < -0.4 is 10.6 Å². The Kier molecular flexibility index (Phi) is 5.51. The Balaban J connectivity index is 1.30. The van der Waals surface area contributed by atoms with Gasteiger partial charge in [-0.3, -0.25) is 0 Å². The molecule has 3 heterocycles. The summed E-state index contributed by atoms with van der Waals surface area (Å²) in [6.45, 7) is 6.85. The Morgan fingerprint density at radius 2 is 1.90 bits per heavy atom. The monoisotopic (exact) mass is 391 g/mol. The number of fused-ring (bicyclic) bond motifs is 4. The summed E-state index contributed by atoms with van der Waals surface area (Å²) in [4.78, 5) is 12.2. The molecule has 2 N–H and O–H groups in total. The van der Waals surface area contributed by atoms with Crippen LogP contribution in [0.2, 0.25) is 0 Å². The molecule has 154 valence electrons. The molecule has 5 nitrogen and oxygen atoms in total. The molecule has 2 aromatic rings. The largest absolute Gasteiger partial charge is 0.354 e. The Bertz CT molecular complexity index is 837. The van der Waals surface area contributed by atoms with Crippen molar-refractivity contribution in [3.63, 3.8) is 0 Å². The van der Waals surface area contributed by atoms with Crippen molar-refractivity contribution in [1.29, 1.82) is 0 Å². The van der Waals surface area contributed by atoms with E-state index < -0.39 is 0 Å². The van der Waals surface area contributed by atoms with E-state index in [0.717, 1.165) is 44.1 Å². The number of benzene rings is 1. The zero-order chi connectivity index (χ0) is 19.5. The van der Waals surface area contributed by atoms with E-state index >= 15 is 0 Å². The number of rotatable bonds is 5. The smallest absolute Gasteiger partial charge is 0.223 e. The van der Waals surface area contributed by atoms with Gasteiger partial charge in [0, 0.05) is 23.7 Å². The van der Waals surface area contributed by atoms with Crippen LogP contribution in [0, 0.1) is 0 Å². The third kappa shape index (κ3) is 3.90. The lowest BCUT2D eigenvalue weighted by atomic mass is 9.64. The molecule has 5 rings (SSSR count). The van der Waals surface area contributed by atoms with Crippen LogP contribution in [0.15, 0.2) is 30.5 Å². The minimum absolute atomic E-state index is 0.252. The Morgan fingerprint density at radius 1 is 1.07 bits per heavy atom. The van der Waals surface area contributed by atoms with Gasteiger partial charge in [0.1, 0.15) is 0 Å². The molecule has 2 saturated heterocycles. The van der Waals surface area contributed by atoms with Gasteiger partial charge < -0.3 is 15.5 Å². The van der Waals surface area contributed by atoms with E-state index in [1.807, 2.05) is 0 Å². The summed E-state index contributed by atoms with van der Waals surface area (Å²) >= 11 is 0. The van der Waals surface area contributed by atoms with Crippen molar-refractivity contribution in [2.75, 3.05) is 44.6 Å². The van der Waals surface area contributed by atoms with Crippen LogP contribution in [0.1, 0.15) is 49.7 Å². The molecule has 1 aliphatic carbocycles. The lowest BCUT2D eigenvalue weighted by molar-refractivity contribution is 0.228. The SMILES string of the molecule is c1ccc2c(c1)-c1nc(NCCCN3CCCCC3)ncc1CC21CCNCC1. The molecule has 0 saturated carbocycles. The van der Waals surface area contributed by atoms with Crippen molar-refractivity contribution < 1.29 is 0 Å². The van der Waals surface area contributed by atoms with E-state index in [4.69, 9.17) is 4.98 Å². The molecule has 0 bridgehead atoms. The summed E-state index contributed by atoms with van der Waals surface area (Å²) in [6.07, 6.45) is 10.8. The molecule has 5 heteroatoms. The predicted octanol–water partition coefficient (Wildman–Crippen LogP) is 3.61. The van der Waals surface area contributed by atoms with Gasteiger partial charge in [-0.05, 0) is 82.4 Å². The van der Waals surface area contributed by atoms with Crippen LogP contribution in [0.5, 0.6) is 0 Å². The third-order valence-electron chi connectivity index (χ3n) is 7.09. The second-order valence-corrected chi connectivity index (χ2v) is 9.00. The lowest BCUT2D eigenvalue weighted by Gasteiger charge is -2.42. The average molecular weight is 392 g/mol. The first-order valence-electron chi connectivity index (χ1n) is 11.5. The fraction of sp³-hybridized carbons (Fsp3) is 0.583. The van der Waals surface area contributed by atoms with E-state index in [9.17, 15) is 0 Å². The molecule has 0 amide bonds. The van der Waals surface area contributed by atoms with Crippen LogP contribution in [-0.4, -0.2) is 54.1 Å². The minimum atomic E-state index is 0.252. The average Bonchev–Trinajstić information content (AvgIpc) is 2.79. The Labute approximate surface area is 174 Å². The number of nitrogens with zero attached hydrogens (tertiary/aromatic N) is 3. The van der Waals surface area contributed by atoms with Gasteiger partial charge in [-0.15, -0.1) is 0 Å². The summed E-state index contributed by atoms with van der Waals surface area (Å²) in [6, 6.07) is 8.92. The topological polar surface area (TPSA) is 53.1 Å². The summed E-state index contributed by atoms with van der Waals surface area (Å²) in [5, 5.41) is 7.01. The highest BCUT2D eigenvalue weighted by Gasteiger charge is 2.40. The normalized spacial score (nSPS) is 20.8. The predicted molar refractivity (Wildman–Crippen MR) is 118 cm³/mol. The van der Waals surface area contributed by atoms with Crippen LogP contribution in [-0.2, 0) is 11.8 Å². The second-order valence-electron chi connectivity index (χ2n) is 9.00. The summed E-state index contributed by atoms with van der Waals surface area (Å²) in [7, 11) is 0. The molecule has 1 aromatic heterocycles. The molecule has 3 aliphatic rings. The van der Waals surface area contributed by atoms with Crippen molar-refractivity contribution >= 4 is 5.95 Å². The van der Waals surface area contributed by atoms with Crippen molar-refractivity contribution in [3.05, 3.63) is 41.6 Å². The first-order chi connectivity index (χ1) is 14.3. The van der Waals surface area contributed by atoms with Crippen molar-refractivity contribution in [2.45, 2.75) is 50.4 Å². The van der Waals surface area contributed by atoms with E-state index in [1.54, 1.807) is 0 Å². The molecule has 0 atom stereocenters. The molecule has 2 fully saturated rings. The van der Waals surface area contributed by atoms with Crippen LogP contribution in [0.25, 0.3) is 11.3 Å². The maximum absolute atomic E-state index is 4.97. The van der Waals surface area contributed by atoms with Gasteiger partial charge in [0.2, 0.25) is 5.95 Å². The lowest BCUT2D eigenvalue weighted by Crippen LogP contribution is -2.43. The molecular weight excluding hydrogens is 358 g/mol. The number of piperidine rings is 2. The zero-order valence-electron chi connectivity index (χ0n) is 17.4. The molecule has 0 radical (unpaired) electrons. The maximum atomic E-state index is 4.97. The van der Waals surface area contributed by atoms with Gasteiger partial charge in [0.25, 0.3) is 0 Å². The first kappa shape index (κ1) is 19.0. The van der Waals surface area contributed by atoms with Gasteiger partial charge in [0.15, 0.2) is 0 Å². The molecule has 1 aromatic carbocycles.